The molecule has 0 spiro atoms. The number of benzene rings is 1. The molecule has 90 valence electrons. The first kappa shape index (κ1) is 10.6. The topological polar surface area (TPSA) is 44.8 Å². The molecule has 0 N–H and O–H groups in total. The maximum Gasteiger partial charge on any atom is 0.231 e. The van der Waals surface area contributed by atoms with Crippen LogP contribution in [0.4, 0.5) is 0 Å². The molecule has 2 heterocycles. The summed E-state index contributed by atoms with van der Waals surface area (Å²) in [5, 5.41) is 0. The highest BCUT2D eigenvalue weighted by Gasteiger charge is 2.27. The van der Waals surface area contributed by atoms with Crippen LogP contribution in [0.5, 0.6) is 11.5 Å². The Morgan fingerprint density at radius 2 is 2.00 bits per heavy atom. The lowest BCUT2D eigenvalue weighted by molar-refractivity contribution is -0.134. The summed E-state index contributed by atoms with van der Waals surface area (Å²) < 4.78 is 16.4. The van der Waals surface area contributed by atoms with E-state index in [2.05, 4.69) is 0 Å². The van der Waals surface area contributed by atoms with E-state index in [1.54, 1.807) is 0 Å². The number of ketones is 1. The lowest BCUT2D eigenvalue weighted by Crippen LogP contribution is -2.26. The van der Waals surface area contributed by atoms with Gasteiger partial charge in [0.2, 0.25) is 6.79 Å². The molecule has 0 saturated carbocycles. The van der Waals surface area contributed by atoms with Crippen molar-refractivity contribution in [2.45, 2.75) is 32.0 Å². The number of rotatable bonds is 1. The molecule has 4 heteroatoms. The van der Waals surface area contributed by atoms with Crippen LogP contribution >= 0.6 is 0 Å². The first-order valence-electron chi connectivity index (χ1n) is 5.79. The molecule has 17 heavy (non-hydrogen) atoms. The molecule has 0 amide bonds. The minimum absolute atomic E-state index is 0.00771. The Balaban J connectivity index is 1.86. The normalized spacial score (nSPS) is 27.2. The highest BCUT2D eigenvalue weighted by molar-refractivity contribution is 5.80. The van der Waals surface area contributed by atoms with Gasteiger partial charge in [-0.3, -0.25) is 4.79 Å². The Bertz CT molecular complexity index is 455. The van der Waals surface area contributed by atoms with Crippen molar-refractivity contribution in [3.05, 3.63) is 23.8 Å². The molecule has 2 atom stereocenters. The summed E-state index contributed by atoms with van der Waals surface area (Å²) in [7, 11) is 0. The summed E-state index contributed by atoms with van der Waals surface area (Å²) >= 11 is 0. The standard InChI is InChI=1S/C13H14O4/c1-8-4-10(14)6-12(17-8)9-2-3-11-13(5-9)16-7-15-11/h2-3,5,8,12H,4,6-7H2,1H3/t8-,12-/m1/s1. The minimum Gasteiger partial charge on any atom is -0.454 e. The monoisotopic (exact) mass is 234 g/mol. The number of fused-ring (bicyclic) bond motifs is 1. The first-order chi connectivity index (χ1) is 8.22. The van der Waals surface area contributed by atoms with E-state index in [1.165, 1.54) is 0 Å². The second-order valence-corrected chi connectivity index (χ2v) is 4.49. The summed E-state index contributed by atoms with van der Waals surface area (Å²) in [6.45, 7) is 2.19. The Morgan fingerprint density at radius 3 is 2.82 bits per heavy atom. The molecule has 1 aromatic rings. The molecular weight excluding hydrogens is 220 g/mol. The van der Waals surface area contributed by atoms with Gasteiger partial charge in [-0.15, -0.1) is 0 Å². The van der Waals surface area contributed by atoms with E-state index in [4.69, 9.17) is 14.2 Å². The van der Waals surface area contributed by atoms with Gasteiger partial charge in [0.25, 0.3) is 0 Å². The van der Waals surface area contributed by atoms with Crippen molar-refractivity contribution in [1.29, 1.82) is 0 Å². The Hall–Kier alpha value is -1.55. The van der Waals surface area contributed by atoms with E-state index in [1.807, 2.05) is 25.1 Å². The van der Waals surface area contributed by atoms with Gasteiger partial charge in [0, 0.05) is 12.8 Å². The zero-order chi connectivity index (χ0) is 11.8. The number of hydrogen-bond donors (Lipinski definition) is 0. The molecule has 0 bridgehead atoms. The highest BCUT2D eigenvalue weighted by Crippen LogP contribution is 2.37. The van der Waals surface area contributed by atoms with Crippen LogP contribution in [0.25, 0.3) is 0 Å². The van der Waals surface area contributed by atoms with E-state index in [-0.39, 0.29) is 24.8 Å². The Morgan fingerprint density at radius 1 is 1.18 bits per heavy atom. The molecule has 1 aromatic carbocycles. The fourth-order valence-corrected chi connectivity index (χ4v) is 2.30. The van der Waals surface area contributed by atoms with Crippen LogP contribution in [0.1, 0.15) is 31.4 Å². The van der Waals surface area contributed by atoms with E-state index >= 15 is 0 Å². The van der Waals surface area contributed by atoms with Crippen LogP contribution in [-0.2, 0) is 9.53 Å². The maximum atomic E-state index is 11.6. The zero-order valence-electron chi connectivity index (χ0n) is 9.64. The van der Waals surface area contributed by atoms with Crippen molar-refractivity contribution in [1.82, 2.24) is 0 Å². The average molecular weight is 234 g/mol. The van der Waals surface area contributed by atoms with Crippen molar-refractivity contribution in [3.8, 4) is 11.5 Å². The summed E-state index contributed by atoms with van der Waals surface area (Å²) in [4.78, 5) is 11.6. The third kappa shape index (κ3) is 2.00. The van der Waals surface area contributed by atoms with Gasteiger partial charge >= 0.3 is 0 Å². The van der Waals surface area contributed by atoms with Gasteiger partial charge in [0.15, 0.2) is 11.5 Å². The minimum atomic E-state index is -0.152. The molecule has 0 aliphatic carbocycles. The highest BCUT2D eigenvalue weighted by atomic mass is 16.7. The van der Waals surface area contributed by atoms with Crippen molar-refractivity contribution in [3.63, 3.8) is 0 Å². The number of Topliss-reactive ketones (excluding diaryl/α,β-unsaturated/α-hetero) is 1. The fraction of sp³-hybridized carbons (Fsp3) is 0.462. The molecule has 2 aliphatic rings. The molecule has 0 radical (unpaired) electrons. The van der Waals surface area contributed by atoms with Gasteiger partial charge in [-0.25, -0.2) is 0 Å². The SMILES string of the molecule is C[C@@H]1CC(=O)C[C@H](c2ccc3c(c2)OCO3)O1. The summed E-state index contributed by atoms with van der Waals surface area (Å²) in [5.41, 5.74) is 0.981. The third-order valence-corrected chi connectivity index (χ3v) is 3.09. The Labute approximate surface area is 99.5 Å². The second kappa shape index (κ2) is 4.04. The lowest BCUT2D eigenvalue weighted by atomic mass is 9.97. The van der Waals surface area contributed by atoms with Crippen molar-refractivity contribution in [2.24, 2.45) is 0 Å². The fourth-order valence-electron chi connectivity index (χ4n) is 2.30. The van der Waals surface area contributed by atoms with Gasteiger partial charge < -0.3 is 14.2 Å². The predicted molar refractivity (Wildman–Crippen MR) is 60.1 cm³/mol. The van der Waals surface area contributed by atoms with Gasteiger partial charge in [-0.1, -0.05) is 6.07 Å². The average Bonchev–Trinajstić information content (AvgIpc) is 2.74. The van der Waals surface area contributed by atoms with E-state index in [0.717, 1.165) is 17.1 Å². The van der Waals surface area contributed by atoms with Gasteiger partial charge in [0.1, 0.15) is 5.78 Å². The summed E-state index contributed by atoms with van der Waals surface area (Å²) in [6, 6.07) is 5.70. The molecule has 1 fully saturated rings. The summed E-state index contributed by atoms with van der Waals surface area (Å²) in [6.07, 6.45) is 0.804. The van der Waals surface area contributed by atoms with Gasteiger partial charge in [-0.2, -0.15) is 0 Å². The first-order valence-corrected chi connectivity index (χ1v) is 5.79. The second-order valence-electron chi connectivity index (χ2n) is 4.49. The quantitative estimate of drug-likeness (QED) is 0.747. The van der Waals surface area contributed by atoms with E-state index in [9.17, 15) is 4.79 Å². The van der Waals surface area contributed by atoms with Crippen LogP contribution in [-0.4, -0.2) is 18.7 Å². The summed E-state index contributed by atoms with van der Waals surface area (Å²) in [5.74, 6) is 1.74. The van der Waals surface area contributed by atoms with Crippen LogP contribution in [0.2, 0.25) is 0 Å². The maximum absolute atomic E-state index is 11.6. The number of hydrogen-bond acceptors (Lipinski definition) is 4. The molecule has 0 aromatic heterocycles. The van der Waals surface area contributed by atoms with Crippen molar-refractivity contribution in [2.75, 3.05) is 6.79 Å². The molecular formula is C13H14O4. The Kier molecular flexibility index (Phi) is 2.52. The number of carbonyl (C=O) groups excluding carboxylic acids is 1. The van der Waals surface area contributed by atoms with Gasteiger partial charge in [0.05, 0.1) is 12.2 Å². The van der Waals surface area contributed by atoms with E-state index in [0.29, 0.717) is 12.8 Å². The molecule has 3 rings (SSSR count). The predicted octanol–water partition coefficient (Wildman–Crippen LogP) is 2.22. The van der Waals surface area contributed by atoms with Gasteiger partial charge in [-0.05, 0) is 24.6 Å². The van der Waals surface area contributed by atoms with Crippen LogP contribution < -0.4 is 9.47 Å². The zero-order valence-corrected chi connectivity index (χ0v) is 9.64. The molecule has 0 unspecified atom stereocenters. The van der Waals surface area contributed by atoms with Crippen molar-refractivity contribution >= 4 is 5.78 Å². The van der Waals surface area contributed by atoms with E-state index < -0.39 is 0 Å². The largest absolute Gasteiger partial charge is 0.454 e. The smallest absolute Gasteiger partial charge is 0.231 e. The lowest BCUT2D eigenvalue weighted by Gasteiger charge is -2.27. The van der Waals surface area contributed by atoms with Crippen molar-refractivity contribution < 1.29 is 19.0 Å². The number of ether oxygens (including phenoxy) is 3. The third-order valence-electron chi connectivity index (χ3n) is 3.09. The van der Waals surface area contributed by atoms with Crippen LogP contribution in [0, 0.1) is 0 Å². The van der Waals surface area contributed by atoms with Crippen LogP contribution in [0.15, 0.2) is 18.2 Å². The molecule has 2 aliphatic heterocycles. The van der Waals surface area contributed by atoms with Crippen LogP contribution in [0.3, 0.4) is 0 Å². The molecule has 1 saturated heterocycles. The molecule has 4 nitrogen and oxygen atoms in total. The number of carbonyl (C=O) groups is 1.